The quantitative estimate of drug-likeness (QED) is 0.802. The second kappa shape index (κ2) is 3.67. The van der Waals surface area contributed by atoms with Crippen LogP contribution in [0, 0.1) is 0 Å². The van der Waals surface area contributed by atoms with E-state index in [2.05, 4.69) is 30.3 Å². The highest BCUT2D eigenvalue weighted by molar-refractivity contribution is 5.38. The molecular formula is C15H14O. The van der Waals surface area contributed by atoms with Crippen LogP contribution < -0.4 is 0 Å². The van der Waals surface area contributed by atoms with Crippen LogP contribution in [-0.4, -0.2) is 5.11 Å². The van der Waals surface area contributed by atoms with Gasteiger partial charge in [-0.25, -0.2) is 0 Å². The SMILES string of the molecule is Oc1ccc([C@H]2C[C@H]2c2ccccc2)cc1. The smallest absolute Gasteiger partial charge is 0.115 e. The lowest BCUT2D eigenvalue weighted by Gasteiger charge is -2.01. The van der Waals surface area contributed by atoms with Crippen LogP contribution in [0.15, 0.2) is 54.6 Å². The van der Waals surface area contributed by atoms with Gasteiger partial charge in [-0.1, -0.05) is 42.5 Å². The summed E-state index contributed by atoms with van der Waals surface area (Å²) >= 11 is 0. The molecule has 1 N–H and O–H groups in total. The van der Waals surface area contributed by atoms with Crippen LogP contribution in [-0.2, 0) is 0 Å². The third kappa shape index (κ3) is 1.69. The van der Waals surface area contributed by atoms with E-state index >= 15 is 0 Å². The fourth-order valence-electron chi connectivity index (χ4n) is 2.35. The van der Waals surface area contributed by atoms with Gasteiger partial charge in [-0.15, -0.1) is 0 Å². The summed E-state index contributed by atoms with van der Waals surface area (Å²) in [6, 6.07) is 18.3. The van der Waals surface area contributed by atoms with Gasteiger partial charge in [0, 0.05) is 0 Å². The number of phenolic OH excluding ortho intramolecular Hbond substituents is 1. The van der Waals surface area contributed by atoms with E-state index in [-0.39, 0.29) is 0 Å². The Morgan fingerprint density at radius 1 is 0.750 bits per heavy atom. The molecule has 0 heterocycles. The summed E-state index contributed by atoms with van der Waals surface area (Å²) in [6.07, 6.45) is 1.23. The normalized spacial score (nSPS) is 23.0. The molecular weight excluding hydrogens is 196 g/mol. The van der Waals surface area contributed by atoms with E-state index in [1.54, 1.807) is 12.1 Å². The summed E-state index contributed by atoms with van der Waals surface area (Å²) in [5.74, 6) is 1.66. The molecule has 0 radical (unpaired) electrons. The number of rotatable bonds is 2. The molecule has 0 aromatic heterocycles. The van der Waals surface area contributed by atoms with E-state index in [1.165, 1.54) is 17.5 Å². The molecule has 0 amide bonds. The monoisotopic (exact) mass is 210 g/mol. The van der Waals surface area contributed by atoms with Crippen molar-refractivity contribution >= 4 is 0 Å². The molecule has 1 fully saturated rings. The first-order valence-corrected chi connectivity index (χ1v) is 5.68. The maximum atomic E-state index is 9.24. The number of phenols is 1. The predicted octanol–water partition coefficient (Wildman–Crippen LogP) is 3.66. The summed E-state index contributed by atoms with van der Waals surface area (Å²) in [5.41, 5.74) is 2.77. The molecule has 80 valence electrons. The van der Waals surface area contributed by atoms with Crippen molar-refractivity contribution in [1.29, 1.82) is 0 Å². The van der Waals surface area contributed by atoms with Gasteiger partial charge in [0.1, 0.15) is 5.75 Å². The molecule has 2 aromatic carbocycles. The Bertz CT molecular complexity index is 473. The second-order valence-corrected chi connectivity index (χ2v) is 4.45. The van der Waals surface area contributed by atoms with E-state index < -0.39 is 0 Å². The first kappa shape index (κ1) is 9.46. The first-order valence-electron chi connectivity index (χ1n) is 5.68. The highest BCUT2D eigenvalue weighted by Gasteiger charge is 2.39. The summed E-state index contributed by atoms with van der Waals surface area (Å²) in [4.78, 5) is 0. The Kier molecular flexibility index (Phi) is 2.17. The molecule has 0 unspecified atom stereocenters. The third-order valence-corrected chi connectivity index (χ3v) is 3.34. The maximum absolute atomic E-state index is 9.24. The molecule has 1 aliphatic carbocycles. The standard InChI is InChI=1S/C15H14O/c16-13-8-6-12(7-9-13)15-10-14(15)11-4-2-1-3-5-11/h1-9,14-16H,10H2/t14-,15+/m0/s1. The van der Waals surface area contributed by atoms with E-state index in [9.17, 15) is 5.11 Å². The number of hydrogen-bond donors (Lipinski definition) is 1. The molecule has 2 aromatic rings. The first-order chi connectivity index (χ1) is 7.84. The average molecular weight is 210 g/mol. The van der Waals surface area contributed by atoms with Gasteiger partial charge in [0.15, 0.2) is 0 Å². The van der Waals surface area contributed by atoms with Crippen molar-refractivity contribution < 1.29 is 5.11 Å². The van der Waals surface area contributed by atoms with Crippen LogP contribution in [0.4, 0.5) is 0 Å². The van der Waals surface area contributed by atoms with Crippen LogP contribution in [0.3, 0.4) is 0 Å². The molecule has 2 atom stereocenters. The second-order valence-electron chi connectivity index (χ2n) is 4.45. The lowest BCUT2D eigenvalue weighted by Crippen LogP contribution is -1.83. The lowest BCUT2D eigenvalue weighted by molar-refractivity contribution is 0.475. The molecule has 0 saturated heterocycles. The fraction of sp³-hybridized carbons (Fsp3) is 0.200. The van der Waals surface area contributed by atoms with Crippen LogP contribution >= 0.6 is 0 Å². The van der Waals surface area contributed by atoms with Gasteiger partial charge >= 0.3 is 0 Å². The zero-order chi connectivity index (χ0) is 11.0. The third-order valence-electron chi connectivity index (χ3n) is 3.34. The molecule has 3 rings (SSSR count). The van der Waals surface area contributed by atoms with Crippen molar-refractivity contribution in [3.63, 3.8) is 0 Å². The van der Waals surface area contributed by atoms with Crippen LogP contribution in [0.2, 0.25) is 0 Å². The van der Waals surface area contributed by atoms with Gasteiger partial charge in [-0.05, 0) is 41.5 Å². The Hall–Kier alpha value is -1.76. The van der Waals surface area contributed by atoms with Gasteiger partial charge in [-0.3, -0.25) is 0 Å². The summed E-state index contributed by atoms with van der Waals surface area (Å²) in [5, 5.41) is 9.24. The Balaban J connectivity index is 1.79. The van der Waals surface area contributed by atoms with E-state index in [0.717, 1.165) is 0 Å². The number of benzene rings is 2. The van der Waals surface area contributed by atoms with Crippen LogP contribution in [0.1, 0.15) is 29.4 Å². The van der Waals surface area contributed by atoms with Gasteiger partial charge in [-0.2, -0.15) is 0 Å². The summed E-state index contributed by atoms with van der Waals surface area (Å²) in [7, 11) is 0. The molecule has 0 bridgehead atoms. The molecule has 1 nitrogen and oxygen atoms in total. The average Bonchev–Trinajstić information content (AvgIpc) is 3.11. The molecule has 0 aliphatic heterocycles. The van der Waals surface area contributed by atoms with Crippen LogP contribution in [0.25, 0.3) is 0 Å². The van der Waals surface area contributed by atoms with E-state index in [0.29, 0.717) is 17.6 Å². The minimum Gasteiger partial charge on any atom is -0.508 e. The minimum absolute atomic E-state index is 0.348. The molecule has 1 heteroatoms. The van der Waals surface area contributed by atoms with Gasteiger partial charge in [0.2, 0.25) is 0 Å². The maximum Gasteiger partial charge on any atom is 0.115 e. The lowest BCUT2D eigenvalue weighted by atomic mass is 10.0. The van der Waals surface area contributed by atoms with Crippen molar-refractivity contribution in [3.8, 4) is 5.75 Å². The largest absolute Gasteiger partial charge is 0.508 e. The van der Waals surface area contributed by atoms with E-state index in [4.69, 9.17) is 0 Å². The van der Waals surface area contributed by atoms with Crippen molar-refractivity contribution in [2.75, 3.05) is 0 Å². The van der Waals surface area contributed by atoms with Crippen molar-refractivity contribution in [2.45, 2.75) is 18.3 Å². The Labute approximate surface area is 95.4 Å². The topological polar surface area (TPSA) is 20.2 Å². The molecule has 1 saturated carbocycles. The minimum atomic E-state index is 0.348. The van der Waals surface area contributed by atoms with Gasteiger partial charge in [0.25, 0.3) is 0 Å². The Morgan fingerprint density at radius 3 is 1.94 bits per heavy atom. The molecule has 1 aliphatic rings. The summed E-state index contributed by atoms with van der Waals surface area (Å²) < 4.78 is 0. The Morgan fingerprint density at radius 2 is 1.31 bits per heavy atom. The van der Waals surface area contributed by atoms with Crippen LogP contribution in [0.5, 0.6) is 5.75 Å². The highest BCUT2D eigenvalue weighted by atomic mass is 16.3. The zero-order valence-corrected chi connectivity index (χ0v) is 9.01. The van der Waals surface area contributed by atoms with Gasteiger partial charge in [0.05, 0.1) is 0 Å². The zero-order valence-electron chi connectivity index (χ0n) is 9.01. The number of aromatic hydroxyl groups is 1. The highest BCUT2D eigenvalue weighted by Crippen LogP contribution is 2.54. The molecule has 0 spiro atoms. The van der Waals surface area contributed by atoms with Crippen molar-refractivity contribution in [2.24, 2.45) is 0 Å². The van der Waals surface area contributed by atoms with E-state index in [1.807, 2.05) is 12.1 Å². The predicted molar refractivity (Wildman–Crippen MR) is 64.6 cm³/mol. The van der Waals surface area contributed by atoms with Crippen molar-refractivity contribution in [1.82, 2.24) is 0 Å². The number of hydrogen-bond acceptors (Lipinski definition) is 1. The molecule has 16 heavy (non-hydrogen) atoms. The fourth-order valence-corrected chi connectivity index (χ4v) is 2.35. The van der Waals surface area contributed by atoms with Gasteiger partial charge < -0.3 is 5.11 Å². The summed E-state index contributed by atoms with van der Waals surface area (Å²) in [6.45, 7) is 0. The van der Waals surface area contributed by atoms with Crippen molar-refractivity contribution in [3.05, 3.63) is 65.7 Å².